The second-order valence-corrected chi connectivity index (χ2v) is 6.44. The lowest BCUT2D eigenvalue weighted by Crippen LogP contribution is -2.54. The van der Waals surface area contributed by atoms with Gasteiger partial charge in [-0.3, -0.25) is 4.79 Å². The molecule has 3 heteroatoms. The van der Waals surface area contributed by atoms with Crippen molar-refractivity contribution >= 4 is 5.91 Å². The highest BCUT2D eigenvalue weighted by atomic mass is 16.2. The minimum absolute atomic E-state index is 0.0506. The molecule has 1 atom stereocenters. The molecule has 2 N–H and O–H groups in total. The summed E-state index contributed by atoms with van der Waals surface area (Å²) in [5.74, 6) is 1.79. The van der Waals surface area contributed by atoms with Gasteiger partial charge in [0, 0.05) is 11.5 Å². The molecule has 0 spiro atoms. The van der Waals surface area contributed by atoms with Crippen LogP contribution in [0.2, 0.25) is 0 Å². The quantitative estimate of drug-likeness (QED) is 0.789. The van der Waals surface area contributed by atoms with Crippen LogP contribution in [0.5, 0.6) is 0 Å². The standard InChI is InChI=1S/C14H26N2O/c1-10-4-6-14(3,7-5-10)16-13(17)11(2)12-8-15-9-12/h10-12,15H,4-9H2,1-3H3,(H,16,17). The van der Waals surface area contributed by atoms with E-state index in [-0.39, 0.29) is 17.4 Å². The highest BCUT2D eigenvalue weighted by Gasteiger charge is 2.35. The van der Waals surface area contributed by atoms with E-state index in [4.69, 9.17) is 0 Å². The van der Waals surface area contributed by atoms with E-state index in [0.717, 1.165) is 31.8 Å². The van der Waals surface area contributed by atoms with Gasteiger partial charge in [-0.1, -0.05) is 13.8 Å². The van der Waals surface area contributed by atoms with Gasteiger partial charge in [0.15, 0.2) is 0 Å². The molecule has 0 aromatic carbocycles. The van der Waals surface area contributed by atoms with Crippen molar-refractivity contribution in [3.05, 3.63) is 0 Å². The molecule has 0 bridgehead atoms. The monoisotopic (exact) mass is 238 g/mol. The molecule has 1 aliphatic carbocycles. The maximum absolute atomic E-state index is 12.2. The molecular weight excluding hydrogens is 212 g/mol. The Morgan fingerprint density at radius 1 is 1.35 bits per heavy atom. The van der Waals surface area contributed by atoms with Crippen LogP contribution in [0.1, 0.15) is 46.5 Å². The van der Waals surface area contributed by atoms with Gasteiger partial charge < -0.3 is 10.6 Å². The van der Waals surface area contributed by atoms with Crippen LogP contribution >= 0.6 is 0 Å². The summed E-state index contributed by atoms with van der Waals surface area (Å²) in [5.41, 5.74) is 0.0506. The van der Waals surface area contributed by atoms with Crippen LogP contribution in [-0.2, 0) is 4.79 Å². The molecule has 1 aliphatic heterocycles. The molecule has 17 heavy (non-hydrogen) atoms. The summed E-state index contributed by atoms with van der Waals surface area (Å²) in [6.07, 6.45) is 4.76. The minimum Gasteiger partial charge on any atom is -0.351 e. The van der Waals surface area contributed by atoms with Crippen LogP contribution in [0.4, 0.5) is 0 Å². The zero-order chi connectivity index (χ0) is 12.5. The third-order valence-corrected chi connectivity index (χ3v) is 4.74. The van der Waals surface area contributed by atoms with Crippen molar-refractivity contribution in [3.8, 4) is 0 Å². The van der Waals surface area contributed by atoms with E-state index < -0.39 is 0 Å². The van der Waals surface area contributed by atoms with E-state index in [9.17, 15) is 4.79 Å². The van der Waals surface area contributed by atoms with Crippen molar-refractivity contribution in [1.29, 1.82) is 0 Å². The predicted molar refractivity (Wildman–Crippen MR) is 69.7 cm³/mol. The molecular formula is C14H26N2O. The molecule has 3 nitrogen and oxygen atoms in total. The number of hydrogen-bond donors (Lipinski definition) is 2. The number of hydrogen-bond acceptors (Lipinski definition) is 2. The number of carbonyl (C=O) groups is 1. The van der Waals surface area contributed by atoms with Crippen molar-refractivity contribution in [2.75, 3.05) is 13.1 Å². The molecule has 0 aromatic rings. The highest BCUT2D eigenvalue weighted by molar-refractivity contribution is 5.79. The summed E-state index contributed by atoms with van der Waals surface area (Å²) < 4.78 is 0. The van der Waals surface area contributed by atoms with Crippen LogP contribution in [0, 0.1) is 17.8 Å². The number of amides is 1. The fraction of sp³-hybridized carbons (Fsp3) is 0.929. The first-order chi connectivity index (χ1) is 8.00. The molecule has 1 heterocycles. The van der Waals surface area contributed by atoms with Gasteiger partial charge in [0.25, 0.3) is 0 Å². The summed E-state index contributed by atoms with van der Waals surface area (Å²) in [4.78, 5) is 12.2. The van der Waals surface area contributed by atoms with Crippen molar-refractivity contribution in [1.82, 2.24) is 10.6 Å². The Bertz CT molecular complexity index is 278. The highest BCUT2D eigenvalue weighted by Crippen LogP contribution is 2.32. The summed E-state index contributed by atoms with van der Waals surface area (Å²) >= 11 is 0. The Morgan fingerprint density at radius 3 is 2.41 bits per heavy atom. The molecule has 98 valence electrons. The van der Waals surface area contributed by atoms with E-state index in [1.807, 2.05) is 0 Å². The lowest BCUT2D eigenvalue weighted by Gasteiger charge is -2.39. The van der Waals surface area contributed by atoms with E-state index >= 15 is 0 Å². The Labute approximate surface area is 105 Å². The van der Waals surface area contributed by atoms with Crippen LogP contribution in [0.15, 0.2) is 0 Å². The Balaban J connectivity index is 1.84. The first-order valence-electron chi connectivity index (χ1n) is 7.03. The van der Waals surface area contributed by atoms with Crippen LogP contribution in [0.3, 0.4) is 0 Å². The van der Waals surface area contributed by atoms with Gasteiger partial charge in [-0.15, -0.1) is 0 Å². The van der Waals surface area contributed by atoms with Crippen LogP contribution < -0.4 is 10.6 Å². The second-order valence-electron chi connectivity index (χ2n) is 6.44. The molecule has 2 rings (SSSR count). The summed E-state index contributed by atoms with van der Waals surface area (Å²) in [5, 5.41) is 6.53. The predicted octanol–water partition coefficient (Wildman–Crippen LogP) is 1.93. The Kier molecular flexibility index (Phi) is 3.76. The van der Waals surface area contributed by atoms with Gasteiger partial charge in [0.2, 0.25) is 5.91 Å². The molecule has 1 unspecified atom stereocenters. The summed E-state index contributed by atoms with van der Waals surface area (Å²) in [7, 11) is 0. The summed E-state index contributed by atoms with van der Waals surface area (Å²) in [6.45, 7) is 8.59. The van der Waals surface area contributed by atoms with Gasteiger partial charge in [-0.25, -0.2) is 0 Å². The van der Waals surface area contributed by atoms with E-state index in [1.54, 1.807) is 0 Å². The molecule has 1 amide bonds. The smallest absolute Gasteiger partial charge is 0.223 e. The number of carbonyl (C=O) groups excluding carboxylic acids is 1. The third-order valence-electron chi connectivity index (χ3n) is 4.74. The maximum atomic E-state index is 12.2. The van der Waals surface area contributed by atoms with Crippen molar-refractivity contribution in [3.63, 3.8) is 0 Å². The SMILES string of the molecule is CC1CCC(C)(NC(=O)C(C)C2CNC2)CC1. The Morgan fingerprint density at radius 2 is 1.94 bits per heavy atom. The molecule has 0 aromatic heterocycles. The van der Waals surface area contributed by atoms with Gasteiger partial charge in [0.1, 0.15) is 0 Å². The van der Waals surface area contributed by atoms with Gasteiger partial charge >= 0.3 is 0 Å². The average molecular weight is 238 g/mol. The molecule has 0 radical (unpaired) electrons. The first kappa shape index (κ1) is 12.9. The van der Waals surface area contributed by atoms with Crippen molar-refractivity contribution in [2.24, 2.45) is 17.8 Å². The lowest BCUT2D eigenvalue weighted by molar-refractivity contribution is -0.129. The number of nitrogens with one attached hydrogen (secondary N) is 2. The van der Waals surface area contributed by atoms with Gasteiger partial charge in [0.05, 0.1) is 0 Å². The number of rotatable bonds is 3. The maximum Gasteiger partial charge on any atom is 0.223 e. The minimum atomic E-state index is 0.0506. The third kappa shape index (κ3) is 3.01. The molecule has 2 fully saturated rings. The lowest BCUT2D eigenvalue weighted by atomic mass is 9.77. The van der Waals surface area contributed by atoms with Crippen molar-refractivity contribution in [2.45, 2.75) is 52.0 Å². The zero-order valence-corrected chi connectivity index (χ0v) is 11.4. The van der Waals surface area contributed by atoms with Crippen LogP contribution in [0.25, 0.3) is 0 Å². The van der Waals surface area contributed by atoms with Crippen LogP contribution in [-0.4, -0.2) is 24.5 Å². The average Bonchev–Trinajstić information content (AvgIpc) is 2.20. The van der Waals surface area contributed by atoms with Gasteiger partial charge in [-0.2, -0.15) is 0 Å². The topological polar surface area (TPSA) is 41.1 Å². The first-order valence-corrected chi connectivity index (χ1v) is 7.03. The summed E-state index contributed by atoms with van der Waals surface area (Å²) in [6, 6.07) is 0. The van der Waals surface area contributed by atoms with Crippen molar-refractivity contribution < 1.29 is 4.79 Å². The fourth-order valence-corrected chi connectivity index (χ4v) is 2.81. The van der Waals surface area contributed by atoms with E-state index in [1.165, 1.54) is 12.8 Å². The normalized spacial score (nSPS) is 36.1. The fourth-order valence-electron chi connectivity index (χ4n) is 2.81. The largest absolute Gasteiger partial charge is 0.351 e. The molecule has 1 saturated heterocycles. The molecule has 2 aliphatic rings. The second kappa shape index (κ2) is 4.97. The van der Waals surface area contributed by atoms with Gasteiger partial charge in [-0.05, 0) is 57.5 Å². The van der Waals surface area contributed by atoms with E-state index in [2.05, 4.69) is 31.4 Å². The Hall–Kier alpha value is -0.570. The zero-order valence-electron chi connectivity index (χ0n) is 11.4. The van der Waals surface area contributed by atoms with E-state index in [0.29, 0.717) is 5.92 Å². The molecule has 1 saturated carbocycles.